The Hall–Kier alpha value is -1.59. The maximum absolute atomic E-state index is 13.1. The molecule has 1 aliphatic heterocycles. The van der Waals surface area contributed by atoms with Crippen molar-refractivity contribution in [3.63, 3.8) is 0 Å². The van der Waals surface area contributed by atoms with Crippen LogP contribution in [0.2, 0.25) is 0 Å². The Balaban J connectivity index is 2.04. The summed E-state index contributed by atoms with van der Waals surface area (Å²) in [6, 6.07) is -0.408. The van der Waals surface area contributed by atoms with Gasteiger partial charge in [-0.15, -0.1) is 0 Å². The molecule has 2 rings (SSSR count). The van der Waals surface area contributed by atoms with Gasteiger partial charge < -0.3 is 10.2 Å². The molecule has 154 valence electrons. The zero-order valence-corrected chi connectivity index (χ0v) is 17.8. The molecule has 1 saturated carbocycles. The van der Waals surface area contributed by atoms with E-state index in [1.165, 1.54) is 0 Å². The topological polar surface area (TPSA) is 69.7 Å². The summed E-state index contributed by atoms with van der Waals surface area (Å²) in [5.41, 5.74) is -0.540. The highest BCUT2D eigenvalue weighted by Gasteiger charge is 2.53. The molecule has 0 unspecified atom stereocenters. The number of urea groups is 1. The number of hydrogen-bond donors (Lipinski definition) is 1. The van der Waals surface area contributed by atoms with E-state index in [1.807, 2.05) is 13.8 Å². The minimum absolute atomic E-state index is 0.139. The van der Waals surface area contributed by atoms with E-state index in [0.29, 0.717) is 31.8 Å². The van der Waals surface area contributed by atoms with Crippen LogP contribution in [0.15, 0.2) is 0 Å². The van der Waals surface area contributed by atoms with Gasteiger partial charge in [-0.2, -0.15) is 0 Å². The summed E-state index contributed by atoms with van der Waals surface area (Å²) in [5.74, 6) is 0.222. The maximum Gasteiger partial charge on any atom is 0.325 e. The molecule has 0 bridgehead atoms. The number of imide groups is 1. The van der Waals surface area contributed by atoms with Crippen molar-refractivity contribution >= 4 is 17.8 Å². The van der Waals surface area contributed by atoms with E-state index >= 15 is 0 Å². The Morgan fingerprint density at radius 2 is 1.70 bits per heavy atom. The predicted octanol–water partition coefficient (Wildman–Crippen LogP) is 3.55. The third kappa shape index (κ3) is 4.46. The first-order valence-corrected chi connectivity index (χ1v) is 10.6. The molecule has 2 fully saturated rings. The van der Waals surface area contributed by atoms with Gasteiger partial charge in [0.1, 0.15) is 12.1 Å². The van der Waals surface area contributed by atoms with Gasteiger partial charge >= 0.3 is 6.03 Å². The van der Waals surface area contributed by atoms with E-state index < -0.39 is 11.6 Å². The lowest BCUT2D eigenvalue weighted by Crippen LogP contribution is -2.51. The van der Waals surface area contributed by atoms with Crippen LogP contribution in [0, 0.1) is 11.3 Å². The molecule has 6 heteroatoms. The monoisotopic (exact) mass is 379 g/mol. The third-order valence-electron chi connectivity index (χ3n) is 6.73. The standard InChI is InChI=1S/C21H37N3O3/c1-6-13-23(14-7-2)17(25)15-24-18(26)21(22-19(24)27)11-9-16(10-12-21)20(4,5)8-3/h16H,6-15H2,1-5H3,(H,22,27). The van der Waals surface area contributed by atoms with Crippen molar-refractivity contribution in [1.29, 1.82) is 0 Å². The quantitative estimate of drug-likeness (QED) is 0.656. The van der Waals surface area contributed by atoms with Gasteiger partial charge in [-0.1, -0.05) is 41.0 Å². The lowest BCUT2D eigenvalue weighted by Gasteiger charge is -2.42. The lowest BCUT2D eigenvalue weighted by atomic mass is 9.65. The minimum atomic E-state index is -0.794. The van der Waals surface area contributed by atoms with Gasteiger partial charge in [0.25, 0.3) is 5.91 Å². The summed E-state index contributed by atoms with van der Waals surface area (Å²) in [4.78, 5) is 41.1. The second kappa shape index (κ2) is 8.61. The summed E-state index contributed by atoms with van der Waals surface area (Å²) in [7, 11) is 0. The third-order valence-corrected chi connectivity index (χ3v) is 6.73. The van der Waals surface area contributed by atoms with E-state index in [2.05, 4.69) is 26.1 Å². The predicted molar refractivity (Wildman–Crippen MR) is 106 cm³/mol. The van der Waals surface area contributed by atoms with E-state index in [-0.39, 0.29) is 23.8 Å². The molecule has 1 N–H and O–H groups in total. The highest BCUT2D eigenvalue weighted by Crippen LogP contribution is 2.45. The zero-order chi connectivity index (χ0) is 20.2. The largest absolute Gasteiger partial charge is 0.341 e. The van der Waals surface area contributed by atoms with Crippen molar-refractivity contribution in [3.05, 3.63) is 0 Å². The molecule has 1 spiro atoms. The number of carbonyl (C=O) groups excluding carboxylic acids is 3. The van der Waals surface area contributed by atoms with Gasteiger partial charge in [0.2, 0.25) is 5.91 Å². The summed E-state index contributed by atoms with van der Waals surface area (Å²) in [6.07, 6.45) is 6.05. The van der Waals surface area contributed by atoms with Crippen molar-refractivity contribution in [2.45, 2.75) is 85.1 Å². The smallest absolute Gasteiger partial charge is 0.325 e. The van der Waals surface area contributed by atoms with Gasteiger partial charge in [0, 0.05) is 13.1 Å². The average Bonchev–Trinajstić information content (AvgIpc) is 2.86. The number of nitrogens with one attached hydrogen (secondary N) is 1. The van der Waals surface area contributed by atoms with E-state index in [9.17, 15) is 14.4 Å². The molecule has 1 saturated heterocycles. The van der Waals surface area contributed by atoms with Crippen LogP contribution >= 0.6 is 0 Å². The molecule has 6 nitrogen and oxygen atoms in total. The Morgan fingerprint density at radius 1 is 1.15 bits per heavy atom. The Labute approximate surface area is 164 Å². The van der Waals surface area contributed by atoms with Gasteiger partial charge in [0.15, 0.2) is 0 Å². The molecular weight excluding hydrogens is 342 g/mol. The van der Waals surface area contributed by atoms with Crippen LogP contribution in [0.1, 0.15) is 79.6 Å². The number of hydrogen-bond acceptors (Lipinski definition) is 3. The molecule has 0 aromatic rings. The number of rotatable bonds is 8. The van der Waals surface area contributed by atoms with Crippen LogP contribution in [-0.4, -0.2) is 52.8 Å². The molecule has 1 heterocycles. The van der Waals surface area contributed by atoms with Crippen molar-refractivity contribution in [2.24, 2.45) is 11.3 Å². The first-order valence-electron chi connectivity index (χ1n) is 10.6. The molecule has 27 heavy (non-hydrogen) atoms. The number of nitrogens with zero attached hydrogens (tertiary/aromatic N) is 2. The van der Waals surface area contributed by atoms with Crippen LogP contribution in [0.25, 0.3) is 0 Å². The Kier molecular flexibility index (Phi) is 6.92. The molecule has 0 atom stereocenters. The van der Waals surface area contributed by atoms with Crippen molar-refractivity contribution in [3.8, 4) is 0 Å². The molecule has 4 amide bonds. The normalized spacial score (nSPS) is 25.8. The highest BCUT2D eigenvalue weighted by atomic mass is 16.2. The summed E-state index contributed by atoms with van der Waals surface area (Å²) in [5, 5.41) is 2.93. The minimum Gasteiger partial charge on any atom is -0.341 e. The van der Waals surface area contributed by atoms with Crippen molar-refractivity contribution in [1.82, 2.24) is 15.1 Å². The van der Waals surface area contributed by atoms with Gasteiger partial charge in [-0.25, -0.2) is 4.79 Å². The van der Waals surface area contributed by atoms with E-state index in [4.69, 9.17) is 0 Å². The molecule has 0 aromatic carbocycles. The first-order chi connectivity index (χ1) is 12.7. The van der Waals surface area contributed by atoms with Crippen LogP contribution < -0.4 is 5.32 Å². The van der Waals surface area contributed by atoms with Crippen LogP contribution in [0.5, 0.6) is 0 Å². The summed E-state index contributed by atoms with van der Waals surface area (Å²) in [6.45, 7) is 12.0. The fraction of sp³-hybridized carbons (Fsp3) is 0.857. The van der Waals surface area contributed by atoms with E-state index in [1.54, 1.807) is 4.90 Å². The highest BCUT2D eigenvalue weighted by molar-refractivity contribution is 6.09. The summed E-state index contributed by atoms with van der Waals surface area (Å²) >= 11 is 0. The fourth-order valence-electron chi connectivity index (χ4n) is 4.48. The van der Waals surface area contributed by atoms with Crippen LogP contribution in [-0.2, 0) is 9.59 Å². The lowest BCUT2D eigenvalue weighted by molar-refractivity contribution is -0.140. The molecular formula is C21H37N3O3. The summed E-state index contributed by atoms with van der Waals surface area (Å²) < 4.78 is 0. The first kappa shape index (κ1) is 21.7. The van der Waals surface area contributed by atoms with Crippen molar-refractivity contribution in [2.75, 3.05) is 19.6 Å². The molecule has 0 aromatic heterocycles. The molecule has 0 radical (unpaired) electrons. The zero-order valence-electron chi connectivity index (χ0n) is 17.8. The van der Waals surface area contributed by atoms with Crippen LogP contribution in [0.4, 0.5) is 4.79 Å². The SMILES string of the molecule is CCCN(CCC)C(=O)CN1C(=O)NC2(CCC(C(C)(C)CC)CC2)C1=O. The second-order valence-corrected chi connectivity index (χ2v) is 8.90. The fourth-order valence-corrected chi connectivity index (χ4v) is 4.48. The molecule has 2 aliphatic rings. The number of carbonyl (C=O) groups is 3. The average molecular weight is 380 g/mol. The van der Waals surface area contributed by atoms with Gasteiger partial charge in [-0.3, -0.25) is 14.5 Å². The van der Waals surface area contributed by atoms with Gasteiger partial charge in [0.05, 0.1) is 0 Å². The Bertz CT molecular complexity index is 559. The van der Waals surface area contributed by atoms with E-state index in [0.717, 1.165) is 37.0 Å². The van der Waals surface area contributed by atoms with Crippen molar-refractivity contribution < 1.29 is 14.4 Å². The molecule has 1 aliphatic carbocycles. The maximum atomic E-state index is 13.1. The number of amides is 4. The Morgan fingerprint density at radius 3 is 2.19 bits per heavy atom. The second-order valence-electron chi connectivity index (χ2n) is 8.90. The van der Waals surface area contributed by atoms with Crippen LogP contribution in [0.3, 0.4) is 0 Å². The van der Waals surface area contributed by atoms with Gasteiger partial charge in [-0.05, 0) is 49.9 Å².